The Kier molecular flexibility index (Phi) is 4.84. The van der Waals surface area contributed by atoms with Crippen LogP contribution in [-0.4, -0.2) is 19.2 Å². The number of hydrogen-bond acceptors (Lipinski definition) is 4. The molecule has 3 aliphatic carbocycles. The molecular formula is C23H25NO4. The van der Waals surface area contributed by atoms with E-state index in [0.717, 1.165) is 38.5 Å². The molecule has 1 N–H and O–H groups in total. The van der Waals surface area contributed by atoms with Crippen LogP contribution in [0.15, 0.2) is 54.6 Å². The third kappa shape index (κ3) is 3.37. The summed E-state index contributed by atoms with van der Waals surface area (Å²) in [6.45, 7) is 0. The number of nitrogens with one attached hydrogen (secondary N) is 1. The van der Waals surface area contributed by atoms with Crippen LogP contribution in [0.1, 0.15) is 44.1 Å². The highest BCUT2D eigenvalue weighted by Crippen LogP contribution is 2.58. The number of carbonyl (C=O) groups is 2. The predicted molar refractivity (Wildman–Crippen MR) is 106 cm³/mol. The van der Waals surface area contributed by atoms with E-state index in [2.05, 4.69) is 17.4 Å². The maximum absolute atomic E-state index is 12.2. The zero-order valence-corrected chi connectivity index (χ0v) is 16.1. The molecule has 0 unspecified atom stereocenters. The number of hydrogen-bond donors (Lipinski definition) is 1. The number of anilines is 1. The summed E-state index contributed by atoms with van der Waals surface area (Å²) in [5.41, 5.74) is 1.86. The van der Waals surface area contributed by atoms with Gasteiger partial charge in [-0.05, 0) is 73.8 Å². The first kappa shape index (κ1) is 18.5. The van der Waals surface area contributed by atoms with E-state index in [0.29, 0.717) is 11.4 Å². The van der Waals surface area contributed by atoms with Gasteiger partial charge in [0.15, 0.2) is 0 Å². The van der Waals surface area contributed by atoms with Crippen molar-refractivity contribution in [3.63, 3.8) is 0 Å². The molecule has 0 heterocycles. The molecule has 5 rings (SSSR count). The van der Waals surface area contributed by atoms with Gasteiger partial charge < -0.3 is 9.47 Å². The van der Waals surface area contributed by atoms with Crippen LogP contribution >= 0.6 is 0 Å². The molecule has 0 spiro atoms. The first-order valence-electron chi connectivity index (χ1n) is 9.78. The largest absolute Gasteiger partial charge is 0.469 e. The summed E-state index contributed by atoms with van der Waals surface area (Å²) < 4.78 is 10.3. The van der Waals surface area contributed by atoms with Crippen LogP contribution in [0.2, 0.25) is 0 Å². The Bertz CT molecular complexity index is 835. The maximum Gasteiger partial charge on any atom is 0.417 e. The molecule has 0 atom stereocenters. The SMILES string of the molecule is COC(=O)C12CCC(c3ccc(NC(=O)Oc4ccccc4)cc3)(CC1)CC2. The molecule has 2 aromatic rings. The Balaban J connectivity index is 1.40. The topological polar surface area (TPSA) is 64.6 Å². The number of ether oxygens (including phenoxy) is 2. The Labute approximate surface area is 165 Å². The van der Waals surface area contributed by atoms with Crippen LogP contribution in [0.3, 0.4) is 0 Å². The third-order valence-corrected chi connectivity index (χ3v) is 6.56. The molecule has 3 saturated carbocycles. The smallest absolute Gasteiger partial charge is 0.417 e. The normalized spacial score (nSPS) is 25.8. The number of fused-ring (bicyclic) bond motifs is 3. The van der Waals surface area contributed by atoms with Crippen molar-refractivity contribution in [2.24, 2.45) is 5.41 Å². The molecule has 1 amide bonds. The van der Waals surface area contributed by atoms with E-state index < -0.39 is 6.09 Å². The summed E-state index contributed by atoms with van der Waals surface area (Å²) in [7, 11) is 1.49. The average Bonchev–Trinajstić information content (AvgIpc) is 2.75. The second-order valence-corrected chi connectivity index (χ2v) is 7.96. The van der Waals surface area contributed by atoms with Crippen molar-refractivity contribution >= 4 is 17.7 Å². The van der Waals surface area contributed by atoms with Crippen molar-refractivity contribution < 1.29 is 19.1 Å². The van der Waals surface area contributed by atoms with E-state index in [1.54, 1.807) is 12.1 Å². The number of benzene rings is 2. The fraction of sp³-hybridized carbons (Fsp3) is 0.391. The van der Waals surface area contributed by atoms with Gasteiger partial charge in [-0.1, -0.05) is 30.3 Å². The first-order valence-corrected chi connectivity index (χ1v) is 9.78. The molecule has 146 valence electrons. The van der Waals surface area contributed by atoms with E-state index in [9.17, 15) is 9.59 Å². The van der Waals surface area contributed by atoms with Crippen LogP contribution in [0.4, 0.5) is 10.5 Å². The van der Waals surface area contributed by atoms with Gasteiger partial charge in [0.25, 0.3) is 0 Å². The molecule has 0 saturated heterocycles. The van der Waals surface area contributed by atoms with Crippen LogP contribution < -0.4 is 10.1 Å². The molecule has 3 aliphatic rings. The van der Waals surface area contributed by atoms with E-state index in [-0.39, 0.29) is 16.8 Å². The second kappa shape index (κ2) is 7.30. The summed E-state index contributed by atoms with van der Waals surface area (Å²) in [4.78, 5) is 24.2. The van der Waals surface area contributed by atoms with Crippen LogP contribution in [0.5, 0.6) is 5.75 Å². The molecule has 5 heteroatoms. The maximum atomic E-state index is 12.2. The molecule has 0 radical (unpaired) electrons. The van der Waals surface area contributed by atoms with E-state index in [1.165, 1.54) is 12.7 Å². The summed E-state index contributed by atoms with van der Waals surface area (Å²) >= 11 is 0. The minimum Gasteiger partial charge on any atom is -0.469 e. The zero-order valence-electron chi connectivity index (χ0n) is 16.1. The second-order valence-electron chi connectivity index (χ2n) is 7.96. The average molecular weight is 379 g/mol. The van der Waals surface area contributed by atoms with Gasteiger partial charge in [0.05, 0.1) is 12.5 Å². The Morgan fingerprint density at radius 1 is 0.857 bits per heavy atom. The number of carbonyl (C=O) groups excluding carboxylic acids is 2. The van der Waals surface area contributed by atoms with Crippen molar-refractivity contribution in [3.8, 4) is 5.75 Å². The summed E-state index contributed by atoms with van der Waals surface area (Å²) in [5.74, 6) is 0.464. The van der Waals surface area contributed by atoms with Crippen molar-refractivity contribution in [1.82, 2.24) is 0 Å². The number of esters is 1. The monoisotopic (exact) mass is 379 g/mol. The van der Waals surface area contributed by atoms with Gasteiger partial charge >= 0.3 is 12.1 Å². The van der Waals surface area contributed by atoms with Gasteiger partial charge in [-0.2, -0.15) is 0 Å². The number of amides is 1. The minimum absolute atomic E-state index is 0.0442. The van der Waals surface area contributed by atoms with Gasteiger partial charge in [0.2, 0.25) is 0 Å². The lowest BCUT2D eigenvalue weighted by molar-refractivity contribution is -0.160. The van der Waals surface area contributed by atoms with Gasteiger partial charge in [-0.25, -0.2) is 4.79 Å². The van der Waals surface area contributed by atoms with Crippen molar-refractivity contribution in [1.29, 1.82) is 0 Å². The summed E-state index contributed by atoms with van der Waals surface area (Å²) in [5, 5.41) is 2.77. The van der Waals surface area contributed by atoms with Crippen LogP contribution in [0.25, 0.3) is 0 Å². The highest BCUT2D eigenvalue weighted by molar-refractivity contribution is 5.86. The standard InChI is InChI=1S/C23H25NO4/c1-27-20(25)23-14-11-22(12-15-23,13-16-23)17-7-9-18(10-8-17)24-21(26)28-19-5-3-2-4-6-19/h2-10H,11-16H2,1H3,(H,24,26). The van der Waals surface area contributed by atoms with Gasteiger partial charge in [0.1, 0.15) is 5.75 Å². The minimum atomic E-state index is -0.504. The van der Waals surface area contributed by atoms with Crippen molar-refractivity contribution in [2.45, 2.75) is 43.9 Å². The molecule has 28 heavy (non-hydrogen) atoms. The van der Waals surface area contributed by atoms with E-state index >= 15 is 0 Å². The first-order chi connectivity index (χ1) is 13.6. The fourth-order valence-corrected chi connectivity index (χ4v) is 4.79. The molecule has 5 nitrogen and oxygen atoms in total. The summed E-state index contributed by atoms with van der Waals surface area (Å²) in [6, 6.07) is 17.0. The molecule has 2 bridgehead atoms. The quantitative estimate of drug-likeness (QED) is 0.754. The van der Waals surface area contributed by atoms with Gasteiger partial charge in [0, 0.05) is 5.69 Å². The Morgan fingerprint density at radius 2 is 1.46 bits per heavy atom. The van der Waals surface area contributed by atoms with E-state index in [4.69, 9.17) is 9.47 Å². The lowest BCUT2D eigenvalue weighted by Gasteiger charge is -2.52. The van der Waals surface area contributed by atoms with Crippen molar-refractivity contribution in [2.75, 3.05) is 12.4 Å². The van der Waals surface area contributed by atoms with Crippen LogP contribution in [-0.2, 0) is 14.9 Å². The fourth-order valence-electron chi connectivity index (χ4n) is 4.79. The highest BCUT2D eigenvalue weighted by Gasteiger charge is 2.53. The Hall–Kier alpha value is -2.82. The lowest BCUT2D eigenvalue weighted by atomic mass is 9.52. The van der Waals surface area contributed by atoms with Crippen molar-refractivity contribution in [3.05, 3.63) is 60.2 Å². The number of rotatable bonds is 4. The van der Waals surface area contributed by atoms with Gasteiger partial charge in [-0.3, -0.25) is 10.1 Å². The molecule has 0 aromatic heterocycles. The van der Waals surface area contributed by atoms with Crippen LogP contribution in [0, 0.1) is 5.41 Å². The predicted octanol–water partition coefficient (Wildman–Crippen LogP) is 5.06. The third-order valence-electron chi connectivity index (χ3n) is 6.56. The number of para-hydroxylation sites is 1. The zero-order chi connectivity index (χ0) is 19.6. The molecule has 3 fully saturated rings. The Morgan fingerprint density at radius 3 is 2.04 bits per heavy atom. The molecule has 0 aliphatic heterocycles. The van der Waals surface area contributed by atoms with Gasteiger partial charge in [-0.15, -0.1) is 0 Å². The highest BCUT2D eigenvalue weighted by atomic mass is 16.6. The molecular weight excluding hydrogens is 354 g/mol. The summed E-state index contributed by atoms with van der Waals surface area (Å²) in [6.07, 6.45) is 5.19. The molecule has 2 aromatic carbocycles. The lowest BCUT2D eigenvalue weighted by Crippen LogP contribution is -2.48. The van der Waals surface area contributed by atoms with E-state index in [1.807, 2.05) is 30.3 Å². The number of methoxy groups -OCH3 is 1.